The van der Waals surface area contributed by atoms with Crippen LogP contribution >= 0.6 is 0 Å². The van der Waals surface area contributed by atoms with Gasteiger partial charge in [0.15, 0.2) is 6.61 Å². The molecule has 29 heavy (non-hydrogen) atoms. The number of piperidine rings is 1. The third-order valence-corrected chi connectivity index (χ3v) is 5.18. The number of nitrogens with one attached hydrogen (secondary N) is 1. The van der Waals surface area contributed by atoms with Crippen molar-refractivity contribution >= 4 is 17.3 Å². The van der Waals surface area contributed by atoms with Crippen molar-refractivity contribution in [1.29, 1.82) is 0 Å². The lowest BCUT2D eigenvalue weighted by Gasteiger charge is -2.29. The van der Waals surface area contributed by atoms with E-state index in [4.69, 9.17) is 4.74 Å². The predicted molar refractivity (Wildman–Crippen MR) is 115 cm³/mol. The maximum Gasteiger partial charge on any atom is 0.292 e. The Kier molecular flexibility index (Phi) is 6.90. The summed E-state index contributed by atoms with van der Waals surface area (Å²) in [5, 5.41) is 6.99. The second-order valence-corrected chi connectivity index (χ2v) is 7.64. The highest BCUT2D eigenvalue weighted by Crippen LogP contribution is 2.24. The first-order chi connectivity index (χ1) is 14.0. The zero-order valence-electron chi connectivity index (χ0n) is 17.5. The van der Waals surface area contributed by atoms with E-state index in [9.17, 15) is 9.59 Å². The summed E-state index contributed by atoms with van der Waals surface area (Å²) in [5.41, 5.74) is 2.02. The molecule has 1 saturated heterocycles. The molecule has 1 aromatic heterocycles. The zero-order chi connectivity index (χ0) is 20.8. The van der Waals surface area contributed by atoms with Crippen molar-refractivity contribution in [2.45, 2.75) is 52.5 Å². The van der Waals surface area contributed by atoms with Crippen molar-refractivity contribution in [2.75, 3.05) is 29.9 Å². The van der Waals surface area contributed by atoms with Crippen LogP contribution in [0.2, 0.25) is 0 Å². The van der Waals surface area contributed by atoms with Gasteiger partial charge >= 0.3 is 0 Å². The van der Waals surface area contributed by atoms with Crippen LogP contribution in [0.4, 0.5) is 11.4 Å². The van der Waals surface area contributed by atoms with Crippen LogP contribution in [-0.2, 0) is 11.3 Å². The Morgan fingerprint density at radius 2 is 1.86 bits per heavy atom. The summed E-state index contributed by atoms with van der Waals surface area (Å²) in [6, 6.07) is 7.74. The molecule has 0 atom stereocenters. The standard InChI is InChI=1S/C22H30N4O3/c1-4-26-22(28)21(25-12-6-5-7-13-25)19(14-23-26)24-20(27)15-29-18-10-8-17(9-11-18)16(2)3/h8-11,14,16H,4-7,12-13,15H2,1-3H3,(H,24,27). The molecule has 0 spiro atoms. The number of nitrogens with zero attached hydrogens (tertiary/aromatic N) is 3. The average Bonchev–Trinajstić information content (AvgIpc) is 2.73. The number of rotatable bonds is 7. The van der Waals surface area contributed by atoms with Gasteiger partial charge in [0.1, 0.15) is 11.4 Å². The summed E-state index contributed by atoms with van der Waals surface area (Å²) >= 11 is 0. The number of benzene rings is 1. The van der Waals surface area contributed by atoms with Gasteiger partial charge in [0.25, 0.3) is 11.5 Å². The van der Waals surface area contributed by atoms with Gasteiger partial charge in [0.05, 0.1) is 11.9 Å². The quantitative estimate of drug-likeness (QED) is 0.774. The SMILES string of the molecule is CCn1ncc(NC(=O)COc2ccc(C(C)C)cc2)c(N2CCCCC2)c1=O. The molecule has 3 rings (SSSR count). The van der Waals surface area contributed by atoms with Gasteiger partial charge in [-0.2, -0.15) is 5.10 Å². The fourth-order valence-corrected chi connectivity index (χ4v) is 3.50. The van der Waals surface area contributed by atoms with Gasteiger partial charge in [0.2, 0.25) is 0 Å². The number of hydrogen-bond donors (Lipinski definition) is 1. The Morgan fingerprint density at radius 1 is 1.17 bits per heavy atom. The Labute approximate surface area is 171 Å². The third-order valence-electron chi connectivity index (χ3n) is 5.18. The fraction of sp³-hybridized carbons (Fsp3) is 0.500. The minimum atomic E-state index is -0.313. The van der Waals surface area contributed by atoms with E-state index in [1.54, 1.807) is 6.20 Å². The molecule has 7 nitrogen and oxygen atoms in total. The molecular weight excluding hydrogens is 368 g/mol. The van der Waals surface area contributed by atoms with Crippen LogP contribution in [0.25, 0.3) is 0 Å². The van der Waals surface area contributed by atoms with Gasteiger partial charge in [-0.1, -0.05) is 26.0 Å². The number of ether oxygens (including phenoxy) is 1. The first-order valence-corrected chi connectivity index (χ1v) is 10.4. The van der Waals surface area contributed by atoms with Gasteiger partial charge in [0, 0.05) is 19.6 Å². The molecular formula is C22H30N4O3. The molecule has 0 unspecified atom stereocenters. The van der Waals surface area contributed by atoms with Crippen molar-refractivity contribution in [3.8, 4) is 5.75 Å². The molecule has 1 aliphatic rings. The van der Waals surface area contributed by atoms with E-state index in [1.165, 1.54) is 10.2 Å². The van der Waals surface area contributed by atoms with Crippen molar-refractivity contribution < 1.29 is 9.53 Å². The van der Waals surface area contributed by atoms with Crippen LogP contribution < -0.4 is 20.5 Å². The number of aromatic nitrogens is 2. The molecule has 156 valence electrons. The van der Waals surface area contributed by atoms with Crippen molar-refractivity contribution in [3.05, 3.63) is 46.4 Å². The number of aryl methyl sites for hydroxylation is 1. The molecule has 0 aliphatic carbocycles. The minimum Gasteiger partial charge on any atom is -0.484 e. The lowest BCUT2D eigenvalue weighted by Crippen LogP contribution is -2.38. The zero-order valence-corrected chi connectivity index (χ0v) is 17.5. The topological polar surface area (TPSA) is 76.5 Å². The van der Waals surface area contributed by atoms with Gasteiger partial charge in [-0.15, -0.1) is 0 Å². The molecule has 1 aliphatic heterocycles. The highest BCUT2D eigenvalue weighted by atomic mass is 16.5. The van der Waals surface area contributed by atoms with E-state index in [0.29, 0.717) is 29.6 Å². The Hall–Kier alpha value is -2.83. The summed E-state index contributed by atoms with van der Waals surface area (Å²) < 4.78 is 7.03. The Bertz CT molecular complexity index is 884. The third kappa shape index (κ3) is 5.16. The molecule has 0 saturated carbocycles. The summed E-state index contributed by atoms with van der Waals surface area (Å²) in [6.45, 7) is 8.12. The molecule has 1 aromatic carbocycles. The molecule has 7 heteroatoms. The smallest absolute Gasteiger partial charge is 0.292 e. The van der Waals surface area contributed by atoms with Crippen molar-refractivity contribution in [1.82, 2.24) is 9.78 Å². The second-order valence-electron chi connectivity index (χ2n) is 7.64. The van der Waals surface area contributed by atoms with E-state index in [0.717, 1.165) is 32.4 Å². The number of amides is 1. The van der Waals surface area contributed by atoms with Crippen molar-refractivity contribution in [3.63, 3.8) is 0 Å². The summed E-state index contributed by atoms with van der Waals surface area (Å²) in [5.74, 6) is 0.769. The van der Waals surface area contributed by atoms with Crippen LogP contribution in [0.5, 0.6) is 5.75 Å². The van der Waals surface area contributed by atoms with Gasteiger partial charge in [-0.3, -0.25) is 9.59 Å². The van der Waals surface area contributed by atoms with Crippen LogP contribution in [0.3, 0.4) is 0 Å². The number of anilines is 2. The second kappa shape index (κ2) is 9.58. The van der Waals surface area contributed by atoms with E-state index in [2.05, 4.69) is 29.2 Å². The fourth-order valence-electron chi connectivity index (χ4n) is 3.50. The van der Waals surface area contributed by atoms with E-state index in [1.807, 2.05) is 31.2 Å². The predicted octanol–water partition coefficient (Wildman–Crippen LogP) is 3.39. The molecule has 0 radical (unpaired) electrons. The maximum absolute atomic E-state index is 12.8. The van der Waals surface area contributed by atoms with E-state index >= 15 is 0 Å². The summed E-state index contributed by atoms with van der Waals surface area (Å²) in [7, 11) is 0. The Morgan fingerprint density at radius 3 is 2.48 bits per heavy atom. The monoisotopic (exact) mass is 398 g/mol. The lowest BCUT2D eigenvalue weighted by molar-refractivity contribution is -0.118. The number of carbonyl (C=O) groups is 1. The lowest BCUT2D eigenvalue weighted by atomic mass is 10.0. The van der Waals surface area contributed by atoms with Crippen LogP contribution in [0.1, 0.15) is 51.5 Å². The molecule has 2 heterocycles. The highest BCUT2D eigenvalue weighted by Gasteiger charge is 2.21. The van der Waals surface area contributed by atoms with Gasteiger partial charge < -0.3 is 15.0 Å². The highest BCUT2D eigenvalue weighted by molar-refractivity contribution is 5.94. The molecule has 0 bridgehead atoms. The van der Waals surface area contributed by atoms with E-state index in [-0.39, 0.29) is 18.1 Å². The van der Waals surface area contributed by atoms with Crippen LogP contribution in [0.15, 0.2) is 35.3 Å². The average molecular weight is 399 g/mol. The van der Waals surface area contributed by atoms with E-state index < -0.39 is 0 Å². The molecule has 1 amide bonds. The van der Waals surface area contributed by atoms with Gasteiger partial charge in [-0.25, -0.2) is 4.68 Å². The van der Waals surface area contributed by atoms with Gasteiger partial charge in [-0.05, 0) is 49.8 Å². The summed E-state index contributed by atoms with van der Waals surface area (Å²) in [6.07, 6.45) is 4.80. The molecule has 2 aromatic rings. The molecule has 1 N–H and O–H groups in total. The van der Waals surface area contributed by atoms with Crippen molar-refractivity contribution in [2.24, 2.45) is 0 Å². The van der Waals surface area contributed by atoms with Crippen LogP contribution in [-0.4, -0.2) is 35.4 Å². The first-order valence-electron chi connectivity index (χ1n) is 10.4. The largest absolute Gasteiger partial charge is 0.484 e. The molecule has 1 fully saturated rings. The number of hydrogen-bond acceptors (Lipinski definition) is 5. The number of carbonyl (C=O) groups excluding carboxylic acids is 1. The first kappa shape index (κ1) is 20.9. The van der Waals surface area contributed by atoms with Crippen LogP contribution in [0, 0.1) is 0 Å². The normalized spacial score (nSPS) is 14.1. The summed E-state index contributed by atoms with van der Waals surface area (Å²) in [4.78, 5) is 27.4. The maximum atomic E-state index is 12.8. The minimum absolute atomic E-state index is 0.128. The Balaban J connectivity index is 1.70.